The highest BCUT2D eigenvalue weighted by Gasteiger charge is 2.34. The Labute approximate surface area is 190 Å². The van der Waals surface area contributed by atoms with Gasteiger partial charge in [0.2, 0.25) is 0 Å². The molecule has 2 aromatic heterocycles. The number of nitrogens with zero attached hydrogens (tertiary/aromatic N) is 3. The summed E-state index contributed by atoms with van der Waals surface area (Å²) in [5.74, 6) is 0.800. The first-order valence-corrected chi connectivity index (χ1v) is 12.4. The zero-order valence-electron chi connectivity index (χ0n) is 17.3. The second kappa shape index (κ2) is 10.7. The highest BCUT2D eigenvalue weighted by Crippen LogP contribution is 2.31. The van der Waals surface area contributed by atoms with E-state index in [1.807, 2.05) is 42.6 Å². The molecule has 1 aromatic carbocycles. The Morgan fingerprint density at radius 3 is 2.74 bits per heavy atom. The number of fused-ring (bicyclic) bond motifs is 1. The molecule has 1 aliphatic rings. The van der Waals surface area contributed by atoms with Gasteiger partial charge in [-0.25, -0.2) is 4.98 Å². The molecule has 0 spiro atoms. The molecule has 0 atom stereocenters. The van der Waals surface area contributed by atoms with Crippen LogP contribution >= 0.6 is 23.5 Å². The zero-order valence-corrected chi connectivity index (χ0v) is 18.9. The van der Waals surface area contributed by atoms with Gasteiger partial charge in [0, 0.05) is 18.9 Å². The fourth-order valence-corrected chi connectivity index (χ4v) is 5.40. The first-order chi connectivity index (χ1) is 15.2. The minimum absolute atomic E-state index is 0.134. The molecule has 0 saturated carbocycles. The Bertz CT molecular complexity index is 1080. The summed E-state index contributed by atoms with van der Waals surface area (Å²) in [4.78, 5) is 31.1. The van der Waals surface area contributed by atoms with Crippen LogP contribution in [0.15, 0.2) is 76.9 Å². The van der Waals surface area contributed by atoms with Crippen molar-refractivity contribution in [2.24, 2.45) is 0 Å². The number of aromatic nitrogens is 2. The number of benzene rings is 1. The molecule has 0 aliphatic carbocycles. The third-order valence-corrected chi connectivity index (χ3v) is 7.21. The minimum atomic E-state index is -0.143. The van der Waals surface area contributed by atoms with Gasteiger partial charge in [-0.05, 0) is 67.3 Å². The lowest BCUT2D eigenvalue weighted by Gasteiger charge is -2.12. The van der Waals surface area contributed by atoms with Gasteiger partial charge in [-0.15, -0.1) is 11.8 Å². The van der Waals surface area contributed by atoms with E-state index in [0.717, 1.165) is 60.3 Å². The van der Waals surface area contributed by atoms with E-state index in [1.54, 1.807) is 18.0 Å². The van der Waals surface area contributed by atoms with Crippen LogP contribution in [0.5, 0.6) is 0 Å². The fraction of sp³-hybridized carbons (Fsp3) is 0.292. The Balaban J connectivity index is 1.19. The van der Waals surface area contributed by atoms with Gasteiger partial charge in [-0.3, -0.25) is 18.9 Å². The van der Waals surface area contributed by atoms with Gasteiger partial charge in [0.15, 0.2) is 0 Å². The highest BCUT2D eigenvalue weighted by molar-refractivity contribution is 8.18. The van der Waals surface area contributed by atoms with Gasteiger partial charge in [0.05, 0.1) is 9.93 Å². The normalized spacial score (nSPS) is 15.5. The summed E-state index contributed by atoms with van der Waals surface area (Å²) >= 11 is 2.84. The maximum atomic E-state index is 12.6. The molecule has 5 nitrogen and oxygen atoms in total. The first kappa shape index (κ1) is 21.7. The number of amides is 2. The van der Waals surface area contributed by atoms with Crippen molar-refractivity contribution in [2.75, 3.05) is 12.3 Å². The van der Waals surface area contributed by atoms with E-state index in [0.29, 0.717) is 11.4 Å². The molecule has 0 radical (unpaired) electrons. The highest BCUT2D eigenvalue weighted by atomic mass is 32.2. The molecule has 3 aromatic rings. The average molecular weight is 452 g/mol. The SMILES string of the molecule is O=C1SC(=CCCCc2ccccc2)C(=O)N1CCCCSc1cccc2nccn12. The standard InChI is InChI=1S/C24H25N3O2S2/c28-23-20(12-5-4-11-19-9-2-1-3-10-19)31-24(29)27(23)16-6-7-18-30-22-14-8-13-21-25-15-17-26(21)22/h1-3,8-10,12-15,17H,4-7,11,16,18H2. The topological polar surface area (TPSA) is 54.7 Å². The number of allylic oxidation sites excluding steroid dienone is 1. The van der Waals surface area contributed by atoms with E-state index in [-0.39, 0.29) is 11.1 Å². The smallest absolute Gasteiger partial charge is 0.293 e. The number of unbranched alkanes of at least 4 members (excludes halogenated alkanes) is 2. The van der Waals surface area contributed by atoms with Crippen LogP contribution in [0.2, 0.25) is 0 Å². The average Bonchev–Trinajstić information content (AvgIpc) is 3.37. The number of rotatable bonds is 10. The van der Waals surface area contributed by atoms with Crippen molar-refractivity contribution < 1.29 is 9.59 Å². The summed E-state index contributed by atoms with van der Waals surface area (Å²) in [7, 11) is 0. The Kier molecular flexibility index (Phi) is 7.48. The van der Waals surface area contributed by atoms with Gasteiger partial charge < -0.3 is 0 Å². The summed E-state index contributed by atoms with van der Waals surface area (Å²) in [5.41, 5.74) is 2.24. The Hall–Kier alpha value is -2.51. The number of hydrogen-bond donors (Lipinski definition) is 0. The van der Waals surface area contributed by atoms with Crippen molar-refractivity contribution in [1.29, 1.82) is 0 Å². The third-order valence-electron chi connectivity index (χ3n) is 5.13. The van der Waals surface area contributed by atoms with Gasteiger partial charge in [0.1, 0.15) is 5.65 Å². The molecule has 0 unspecified atom stereocenters. The fourth-order valence-electron chi connectivity index (χ4n) is 3.50. The maximum absolute atomic E-state index is 12.6. The summed E-state index contributed by atoms with van der Waals surface area (Å²) in [6.45, 7) is 0.488. The van der Waals surface area contributed by atoms with E-state index < -0.39 is 0 Å². The molecule has 1 saturated heterocycles. The number of imide groups is 1. The minimum Gasteiger partial charge on any atom is -0.294 e. The number of hydrogen-bond acceptors (Lipinski definition) is 5. The van der Waals surface area contributed by atoms with Gasteiger partial charge in [0.25, 0.3) is 11.1 Å². The molecule has 0 bridgehead atoms. The van der Waals surface area contributed by atoms with Crippen LogP contribution in [-0.4, -0.2) is 37.7 Å². The lowest BCUT2D eigenvalue weighted by Crippen LogP contribution is -2.29. The van der Waals surface area contributed by atoms with Gasteiger partial charge in [-0.1, -0.05) is 42.5 Å². The number of carbonyl (C=O) groups excluding carboxylic acids is 2. The van der Waals surface area contributed by atoms with E-state index in [4.69, 9.17) is 0 Å². The predicted octanol–water partition coefficient (Wildman–Crippen LogP) is 5.81. The molecule has 3 heterocycles. The first-order valence-electron chi connectivity index (χ1n) is 10.5. The zero-order chi connectivity index (χ0) is 21.5. The van der Waals surface area contributed by atoms with Crippen LogP contribution in [-0.2, 0) is 11.2 Å². The molecule has 0 N–H and O–H groups in total. The lowest BCUT2D eigenvalue weighted by atomic mass is 10.1. The second-order valence-electron chi connectivity index (χ2n) is 7.35. The van der Waals surface area contributed by atoms with E-state index in [1.165, 1.54) is 10.5 Å². The van der Waals surface area contributed by atoms with E-state index in [2.05, 4.69) is 27.6 Å². The molecule has 7 heteroatoms. The molecule has 160 valence electrons. The Morgan fingerprint density at radius 1 is 1.00 bits per heavy atom. The van der Waals surface area contributed by atoms with E-state index >= 15 is 0 Å². The largest absolute Gasteiger partial charge is 0.294 e. The summed E-state index contributed by atoms with van der Waals surface area (Å²) in [6, 6.07) is 16.4. The van der Waals surface area contributed by atoms with Gasteiger partial charge >= 0.3 is 0 Å². The Morgan fingerprint density at radius 2 is 1.87 bits per heavy atom. The predicted molar refractivity (Wildman–Crippen MR) is 127 cm³/mol. The monoisotopic (exact) mass is 451 g/mol. The lowest BCUT2D eigenvalue weighted by molar-refractivity contribution is -0.122. The van der Waals surface area contributed by atoms with Crippen LogP contribution < -0.4 is 0 Å². The van der Waals surface area contributed by atoms with Crippen molar-refractivity contribution in [3.63, 3.8) is 0 Å². The molecule has 1 fully saturated rings. The van der Waals surface area contributed by atoms with Crippen molar-refractivity contribution >= 4 is 40.3 Å². The van der Waals surface area contributed by atoms with Crippen molar-refractivity contribution in [1.82, 2.24) is 14.3 Å². The number of pyridine rings is 1. The van der Waals surface area contributed by atoms with Crippen LogP contribution in [0.4, 0.5) is 4.79 Å². The molecular weight excluding hydrogens is 426 g/mol. The number of imidazole rings is 1. The molecule has 1 aliphatic heterocycles. The molecule has 2 amide bonds. The molecule has 31 heavy (non-hydrogen) atoms. The number of aryl methyl sites for hydroxylation is 1. The van der Waals surface area contributed by atoms with Gasteiger partial charge in [-0.2, -0.15) is 0 Å². The summed E-state index contributed by atoms with van der Waals surface area (Å²) in [6.07, 6.45) is 10.2. The van der Waals surface area contributed by atoms with Crippen molar-refractivity contribution in [2.45, 2.75) is 37.1 Å². The van der Waals surface area contributed by atoms with Crippen molar-refractivity contribution in [3.05, 3.63) is 77.5 Å². The van der Waals surface area contributed by atoms with Crippen LogP contribution in [0.3, 0.4) is 0 Å². The third kappa shape index (κ3) is 5.60. The van der Waals surface area contributed by atoms with Crippen LogP contribution in [0, 0.1) is 0 Å². The van der Waals surface area contributed by atoms with Crippen molar-refractivity contribution in [3.8, 4) is 0 Å². The molecular formula is C24H25N3O2S2. The molecule has 4 rings (SSSR count). The maximum Gasteiger partial charge on any atom is 0.293 e. The van der Waals surface area contributed by atoms with Crippen LogP contribution in [0.25, 0.3) is 5.65 Å². The summed E-state index contributed by atoms with van der Waals surface area (Å²) < 4.78 is 2.07. The van der Waals surface area contributed by atoms with Crippen LogP contribution in [0.1, 0.15) is 31.2 Å². The number of thioether (sulfide) groups is 2. The number of carbonyl (C=O) groups is 2. The quantitative estimate of drug-likeness (QED) is 0.221. The summed E-state index contributed by atoms with van der Waals surface area (Å²) in [5, 5.41) is 1.01. The van der Waals surface area contributed by atoms with E-state index in [9.17, 15) is 9.59 Å². The second-order valence-corrected chi connectivity index (χ2v) is 9.45.